The van der Waals surface area contributed by atoms with Gasteiger partial charge in [-0.3, -0.25) is 0 Å². The maximum atomic E-state index is 13.4. The number of nitrogens with zero attached hydrogens (tertiary/aromatic N) is 2. The molecule has 0 unspecified atom stereocenters. The molecule has 1 heterocycles. The van der Waals surface area contributed by atoms with E-state index in [0.717, 1.165) is 5.56 Å². The molecule has 0 bridgehead atoms. The van der Waals surface area contributed by atoms with Crippen LogP contribution in [0.1, 0.15) is 37.7 Å². The number of nitrogens with two attached hydrogens (primary N) is 1. The Labute approximate surface area is 124 Å². The van der Waals surface area contributed by atoms with Gasteiger partial charge < -0.3 is 10.5 Å². The molecule has 0 aliphatic carbocycles. The molecule has 0 spiro atoms. The molecule has 0 amide bonds. The third-order valence-corrected chi connectivity index (χ3v) is 3.17. The van der Waals surface area contributed by atoms with Gasteiger partial charge in [-0.2, -0.15) is 4.98 Å². The van der Waals surface area contributed by atoms with Crippen LogP contribution in [0.2, 0.25) is 0 Å². The summed E-state index contributed by atoms with van der Waals surface area (Å²) < 4.78 is 19.1. The monoisotopic (exact) mass is 289 g/mol. The van der Waals surface area contributed by atoms with Crippen LogP contribution in [0.4, 0.5) is 10.2 Å². The van der Waals surface area contributed by atoms with E-state index in [2.05, 4.69) is 9.97 Å². The number of anilines is 1. The molecule has 2 rings (SSSR count). The first kappa shape index (κ1) is 15.2. The molecule has 0 aliphatic heterocycles. The van der Waals surface area contributed by atoms with Crippen LogP contribution in [-0.2, 0) is 5.41 Å². The molecule has 0 saturated heterocycles. The summed E-state index contributed by atoms with van der Waals surface area (Å²) in [6.07, 6.45) is 0. The second kappa shape index (κ2) is 5.31. The van der Waals surface area contributed by atoms with Gasteiger partial charge in [0.25, 0.3) is 0 Å². The molecular formula is C16H20FN3O. The minimum Gasteiger partial charge on any atom is -0.438 e. The number of ether oxygens (including phenoxy) is 1. The first-order valence-electron chi connectivity index (χ1n) is 6.77. The fourth-order valence-electron chi connectivity index (χ4n) is 1.74. The number of hydrogen-bond donors (Lipinski definition) is 1. The van der Waals surface area contributed by atoms with Crippen LogP contribution in [0, 0.1) is 19.7 Å². The molecule has 4 nitrogen and oxygen atoms in total. The number of aryl methyl sites for hydroxylation is 1. The van der Waals surface area contributed by atoms with Gasteiger partial charge >= 0.3 is 0 Å². The number of benzene rings is 1. The predicted molar refractivity (Wildman–Crippen MR) is 81.1 cm³/mol. The van der Waals surface area contributed by atoms with E-state index in [-0.39, 0.29) is 11.2 Å². The lowest BCUT2D eigenvalue weighted by Gasteiger charge is -2.19. The van der Waals surface area contributed by atoms with Gasteiger partial charge in [0.05, 0.1) is 5.56 Å². The van der Waals surface area contributed by atoms with E-state index in [1.807, 2.05) is 27.7 Å². The lowest BCUT2D eigenvalue weighted by Crippen LogP contribution is -2.18. The number of hydrogen-bond acceptors (Lipinski definition) is 4. The van der Waals surface area contributed by atoms with Crippen molar-refractivity contribution in [3.05, 3.63) is 41.0 Å². The zero-order valence-electron chi connectivity index (χ0n) is 13.0. The molecule has 0 fully saturated rings. The Morgan fingerprint density at radius 1 is 1.14 bits per heavy atom. The molecule has 2 N–H and O–H groups in total. The van der Waals surface area contributed by atoms with Gasteiger partial charge in [-0.05, 0) is 25.5 Å². The van der Waals surface area contributed by atoms with Crippen molar-refractivity contribution in [2.75, 3.05) is 5.73 Å². The molecule has 21 heavy (non-hydrogen) atoms. The molecule has 1 aromatic carbocycles. The van der Waals surface area contributed by atoms with Gasteiger partial charge in [-0.25, -0.2) is 9.37 Å². The van der Waals surface area contributed by atoms with Crippen molar-refractivity contribution >= 4 is 5.82 Å². The Hall–Kier alpha value is -2.17. The number of aromatic nitrogens is 2. The lowest BCUT2D eigenvalue weighted by atomic mass is 9.95. The molecule has 0 aliphatic rings. The molecule has 2 aromatic rings. The van der Waals surface area contributed by atoms with Gasteiger partial charge in [-0.15, -0.1) is 0 Å². The summed E-state index contributed by atoms with van der Waals surface area (Å²) in [6, 6.07) is 4.39. The third-order valence-electron chi connectivity index (χ3n) is 3.17. The van der Waals surface area contributed by atoms with Crippen molar-refractivity contribution in [1.29, 1.82) is 0 Å². The highest BCUT2D eigenvalue weighted by Crippen LogP contribution is 2.31. The van der Waals surface area contributed by atoms with Crippen LogP contribution in [0.25, 0.3) is 0 Å². The van der Waals surface area contributed by atoms with Crippen molar-refractivity contribution in [3.8, 4) is 11.6 Å². The van der Waals surface area contributed by atoms with Gasteiger partial charge in [-0.1, -0.05) is 26.8 Å². The minimum atomic E-state index is -0.355. The van der Waals surface area contributed by atoms with E-state index < -0.39 is 0 Å². The molecule has 112 valence electrons. The lowest BCUT2D eigenvalue weighted by molar-refractivity contribution is 0.436. The van der Waals surface area contributed by atoms with Crippen LogP contribution in [0.5, 0.6) is 11.6 Å². The summed E-state index contributed by atoms with van der Waals surface area (Å²) in [5.41, 5.74) is 7.15. The SMILES string of the molecule is Cc1ccc(F)cc1Oc1nc(C(C)(C)C)nc(N)c1C. The Bertz CT molecular complexity index is 678. The fraction of sp³-hybridized carbons (Fsp3) is 0.375. The number of nitrogen functional groups attached to an aromatic ring is 1. The summed E-state index contributed by atoms with van der Waals surface area (Å²) >= 11 is 0. The summed E-state index contributed by atoms with van der Waals surface area (Å²) in [7, 11) is 0. The van der Waals surface area contributed by atoms with Crippen LogP contribution < -0.4 is 10.5 Å². The van der Waals surface area contributed by atoms with Crippen LogP contribution in [-0.4, -0.2) is 9.97 Å². The second-order valence-corrected chi connectivity index (χ2v) is 6.12. The summed E-state index contributed by atoms with van der Waals surface area (Å²) in [5, 5.41) is 0. The molecule has 0 atom stereocenters. The number of halogens is 1. The van der Waals surface area contributed by atoms with Crippen molar-refractivity contribution in [1.82, 2.24) is 9.97 Å². The predicted octanol–water partition coefficient (Wildman–Crippen LogP) is 3.90. The normalized spacial score (nSPS) is 11.5. The van der Waals surface area contributed by atoms with Crippen LogP contribution in [0.15, 0.2) is 18.2 Å². The van der Waals surface area contributed by atoms with Gasteiger partial charge in [0.15, 0.2) is 0 Å². The van der Waals surface area contributed by atoms with Crippen molar-refractivity contribution in [2.45, 2.75) is 40.0 Å². The average Bonchev–Trinajstić information content (AvgIpc) is 2.37. The highest BCUT2D eigenvalue weighted by atomic mass is 19.1. The van der Waals surface area contributed by atoms with Crippen molar-refractivity contribution in [2.24, 2.45) is 0 Å². The minimum absolute atomic E-state index is 0.253. The van der Waals surface area contributed by atoms with E-state index >= 15 is 0 Å². The van der Waals surface area contributed by atoms with E-state index in [1.54, 1.807) is 13.0 Å². The van der Waals surface area contributed by atoms with Crippen LogP contribution in [0.3, 0.4) is 0 Å². The van der Waals surface area contributed by atoms with Gasteiger partial charge in [0, 0.05) is 11.5 Å². The standard InChI is InChI=1S/C16H20FN3O/c1-9-6-7-11(17)8-12(9)21-14-10(2)13(18)19-15(20-14)16(3,4)5/h6-8H,1-5H3,(H2,18,19,20). The van der Waals surface area contributed by atoms with E-state index in [4.69, 9.17) is 10.5 Å². The van der Waals surface area contributed by atoms with E-state index in [1.165, 1.54) is 12.1 Å². The average molecular weight is 289 g/mol. The molecule has 0 saturated carbocycles. The Morgan fingerprint density at radius 3 is 2.43 bits per heavy atom. The zero-order valence-corrected chi connectivity index (χ0v) is 13.0. The quantitative estimate of drug-likeness (QED) is 0.910. The third kappa shape index (κ3) is 3.29. The highest BCUT2D eigenvalue weighted by Gasteiger charge is 2.21. The number of rotatable bonds is 2. The summed E-state index contributed by atoms with van der Waals surface area (Å²) in [4.78, 5) is 8.73. The van der Waals surface area contributed by atoms with E-state index in [0.29, 0.717) is 28.8 Å². The zero-order chi connectivity index (χ0) is 15.8. The maximum absolute atomic E-state index is 13.4. The molecule has 1 aromatic heterocycles. The first-order valence-corrected chi connectivity index (χ1v) is 6.77. The highest BCUT2D eigenvalue weighted by molar-refractivity contribution is 5.47. The fourth-order valence-corrected chi connectivity index (χ4v) is 1.74. The van der Waals surface area contributed by atoms with Gasteiger partial charge in [0.2, 0.25) is 5.88 Å². The smallest absolute Gasteiger partial charge is 0.227 e. The summed E-state index contributed by atoms with van der Waals surface area (Å²) in [6.45, 7) is 9.61. The molecular weight excluding hydrogens is 269 g/mol. The van der Waals surface area contributed by atoms with Crippen molar-refractivity contribution in [3.63, 3.8) is 0 Å². The largest absolute Gasteiger partial charge is 0.438 e. The Kier molecular flexibility index (Phi) is 3.85. The van der Waals surface area contributed by atoms with Gasteiger partial charge in [0.1, 0.15) is 23.2 Å². The first-order chi connectivity index (χ1) is 9.68. The Morgan fingerprint density at radius 2 is 1.81 bits per heavy atom. The second-order valence-electron chi connectivity index (χ2n) is 6.12. The maximum Gasteiger partial charge on any atom is 0.227 e. The van der Waals surface area contributed by atoms with E-state index in [9.17, 15) is 4.39 Å². The molecule has 0 radical (unpaired) electrons. The van der Waals surface area contributed by atoms with Crippen molar-refractivity contribution < 1.29 is 9.13 Å². The van der Waals surface area contributed by atoms with Crippen LogP contribution >= 0.6 is 0 Å². The summed E-state index contributed by atoms with van der Waals surface area (Å²) in [5.74, 6) is 1.40. The Balaban J connectivity index is 2.49. The topological polar surface area (TPSA) is 61.0 Å². The molecule has 5 heteroatoms.